The first kappa shape index (κ1) is 16.9. The summed E-state index contributed by atoms with van der Waals surface area (Å²) in [5.41, 5.74) is 0.835. The van der Waals surface area contributed by atoms with Crippen LogP contribution in [0.4, 0.5) is 5.69 Å². The van der Waals surface area contributed by atoms with Crippen LogP contribution in [0, 0.1) is 21.4 Å². The van der Waals surface area contributed by atoms with Crippen molar-refractivity contribution in [2.75, 3.05) is 0 Å². The molecule has 3 rings (SSSR count). The number of hydrogen-bond acceptors (Lipinski definition) is 5. The average molecular weight is 344 g/mol. The Kier molecular flexibility index (Phi) is 4.72. The molecule has 0 N–H and O–H groups in total. The summed E-state index contributed by atoms with van der Waals surface area (Å²) < 4.78 is 5.62. The van der Waals surface area contributed by atoms with Crippen molar-refractivity contribution in [2.45, 2.75) is 0 Å². The molecule has 6 nitrogen and oxygen atoms in total. The highest BCUT2D eigenvalue weighted by molar-refractivity contribution is 6.13. The third-order valence-electron chi connectivity index (χ3n) is 3.66. The van der Waals surface area contributed by atoms with E-state index < -0.39 is 10.7 Å². The summed E-state index contributed by atoms with van der Waals surface area (Å²) in [6.45, 7) is 0. The third-order valence-corrected chi connectivity index (χ3v) is 3.66. The molecular weight excluding hydrogens is 332 g/mol. The van der Waals surface area contributed by atoms with Crippen molar-refractivity contribution in [3.8, 4) is 17.4 Å². The van der Waals surface area contributed by atoms with E-state index in [-0.39, 0.29) is 11.3 Å². The fourth-order valence-electron chi connectivity index (χ4n) is 2.39. The fourth-order valence-corrected chi connectivity index (χ4v) is 2.39. The van der Waals surface area contributed by atoms with E-state index in [0.29, 0.717) is 22.6 Å². The molecule has 0 atom stereocenters. The number of carbonyl (C=O) groups is 1. The SMILES string of the molecule is N#C/C(=C\c1ccc(-c2cccc([N+](=O)[O-])c2)o1)C(=O)c1ccccc1. The van der Waals surface area contributed by atoms with Crippen molar-refractivity contribution < 1.29 is 14.1 Å². The van der Waals surface area contributed by atoms with E-state index in [4.69, 9.17) is 4.42 Å². The van der Waals surface area contributed by atoms with Crippen LogP contribution >= 0.6 is 0 Å². The molecule has 26 heavy (non-hydrogen) atoms. The van der Waals surface area contributed by atoms with Gasteiger partial charge in [-0.2, -0.15) is 5.26 Å². The second kappa shape index (κ2) is 7.28. The number of allylic oxidation sites excluding steroid dienone is 1. The molecule has 126 valence electrons. The quantitative estimate of drug-likeness (QED) is 0.221. The number of ketones is 1. The van der Waals surface area contributed by atoms with Crippen LogP contribution in [-0.2, 0) is 0 Å². The third kappa shape index (κ3) is 3.57. The van der Waals surface area contributed by atoms with Crippen molar-refractivity contribution in [2.24, 2.45) is 0 Å². The largest absolute Gasteiger partial charge is 0.457 e. The second-order valence-corrected chi connectivity index (χ2v) is 5.37. The molecule has 0 aliphatic rings. The normalized spacial score (nSPS) is 11.0. The lowest BCUT2D eigenvalue weighted by atomic mass is 10.0. The van der Waals surface area contributed by atoms with Gasteiger partial charge in [0.2, 0.25) is 5.78 Å². The van der Waals surface area contributed by atoms with Crippen LogP contribution in [0.5, 0.6) is 0 Å². The summed E-state index contributed by atoms with van der Waals surface area (Å²) in [5, 5.41) is 20.2. The zero-order valence-corrected chi connectivity index (χ0v) is 13.5. The molecule has 0 saturated heterocycles. The summed E-state index contributed by atoms with van der Waals surface area (Å²) in [6.07, 6.45) is 1.36. The highest BCUT2D eigenvalue weighted by Crippen LogP contribution is 2.26. The Hall–Kier alpha value is -3.98. The minimum atomic E-state index is -0.487. The van der Waals surface area contributed by atoms with Crippen LogP contribution in [-0.4, -0.2) is 10.7 Å². The van der Waals surface area contributed by atoms with Gasteiger partial charge >= 0.3 is 0 Å². The van der Waals surface area contributed by atoms with Crippen LogP contribution in [0.15, 0.2) is 76.7 Å². The van der Waals surface area contributed by atoms with Crippen molar-refractivity contribution >= 4 is 17.5 Å². The molecule has 0 bridgehead atoms. The number of rotatable bonds is 5. The molecule has 1 aromatic heterocycles. The molecule has 0 fully saturated rings. The van der Waals surface area contributed by atoms with Gasteiger partial charge in [0.25, 0.3) is 5.69 Å². The number of nitro benzene ring substituents is 1. The molecule has 1 heterocycles. The van der Waals surface area contributed by atoms with Crippen LogP contribution in [0.3, 0.4) is 0 Å². The first-order valence-corrected chi connectivity index (χ1v) is 7.64. The van der Waals surface area contributed by atoms with Crippen molar-refractivity contribution in [1.82, 2.24) is 0 Å². The number of Topliss-reactive ketones (excluding diaryl/α,β-unsaturated/α-hetero) is 1. The van der Waals surface area contributed by atoms with Crippen LogP contribution in [0.1, 0.15) is 16.1 Å². The van der Waals surface area contributed by atoms with Crippen molar-refractivity contribution in [1.29, 1.82) is 5.26 Å². The van der Waals surface area contributed by atoms with Crippen LogP contribution in [0.2, 0.25) is 0 Å². The first-order chi connectivity index (χ1) is 12.6. The van der Waals surface area contributed by atoms with Gasteiger partial charge in [0.1, 0.15) is 23.2 Å². The predicted molar refractivity (Wildman–Crippen MR) is 95.2 cm³/mol. The van der Waals surface area contributed by atoms with Gasteiger partial charge in [0.05, 0.1) is 4.92 Å². The van der Waals surface area contributed by atoms with Crippen LogP contribution in [0.25, 0.3) is 17.4 Å². The van der Waals surface area contributed by atoms with E-state index in [1.54, 1.807) is 54.6 Å². The lowest BCUT2D eigenvalue weighted by molar-refractivity contribution is -0.384. The van der Waals surface area contributed by atoms with E-state index in [2.05, 4.69) is 0 Å². The lowest BCUT2D eigenvalue weighted by Gasteiger charge is -1.99. The minimum Gasteiger partial charge on any atom is -0.457 e. The molecule has 0 amide bonds. The monoisotopic (exact) mass is 344 g/mol. The number of nitriles is 1. The molecule has 3 aromatic rings. The van der Waals surface area contributed by atoms with E-state index in [9.17, 15) is 20.2 Å². The number of carbonyl (C=O) groups excluding carboxylic acids is 1. The molecule has 6 heteroatoms. The number of hydrogen-bond donors (Lipinski definition) is 0. The number of non-ortho nitro benzene ring substituents is 1. The Morgan fingerprint density at radius 1 is 1.08 bits per heavy atom. The zero-order chi connectivity index (χ0) is 18.5. The standard InChI is InChI=1S/C20H12N2O4/c21-13-16(20(23)14-5-2-1-3-6-14)12-18-9-10-19(26-18)15-7-4-8-17(11-15)22(24)25/h1-12H/b16-12+. The van der Waals surface area contributed by atoms with Crippen molar-refractivity contribution in [3.05, 3.63) is 93.7 Å². The lowest BCUT2D eigenvalue weighted by Crippen LogP contribution is -2.01. The van der Waals surface area contributed by atoms with Gasteiger partial charge in [-0.05, 0) is 12.1 Å². The maximum absolute atomic E-state index is 12.4. The Morgan fingerprint density at radius 3 is 2.54 bits per heavy atom. The first-order valence-electron chi connectivity index (χ1n) is 7.64. The highest BCUT2D eigenvalue weighted by atomic mass is 16.6. The Balaban J connectivity index is 1.90. The summed E-state index contributed by atoms with van der Waals surface area (Å²) in [7, 11) is 0. The van der Waals surface area contributed by atoms with E-state index in [0.717, 1.165) is 0 Å². The zero-order valence-electron chi connectivity index (χ0n) is 13.5. The van der Waals surface area contributed by atoms with E-state index in [1.165, 1.54) is 18.2 Å². The minimum absolute atomic E-state index is 0.0482. The van der Waals surface area contributed by atoms with Gasteiger partial charge in [-0.1, -0.05) is 42.5 Å². The molecule has 0 unspecified atom stereocenters. The molecule has 0 aliphatic carbocycles. The van der Waals surface area contributed by atoms with Crippen LogP contribution < -0.4 is 0 Å². The Morgan fingerprint density at radius 2 is 1.85 bits per heavy atom. The summed E-state index contributed by atoms with van der Waals surface area (Å²) in [5.74, 6) is 0.318. The number of nitro groups is 1. The highest BCUT2D eigenvalue weighted by Gasteiger charge is 2.14. The van der Waals surface area contributed by atoms with Crippen molar-refractivity contribution in [3.63, 3.8) is 0 Å². The number of furan rings is 1. The number of benzene rings is 2. The Labute approximate surface area is 148 Å². The van der Waals surface area contributed by atoms with E-state index in [1.807, 2.05) is 6.07 Å². The summed E-state index contributed by atoms with van der Waals surface area (Å²) >= 11 is 0. The maximum Gasteiger partial charge on any atom is 0.270 e. The van der Waals surface area contributed by atoms with Gasteiger partial charge in [0.15, 0.2) is 0 Å². The molecule has 0 radical (unpaired) electrons. The molecule has 0 spiro atoms. The topological polar surface area (TPSA) is 97.1 Å². The van der Waals surface area contributed by atoms with Gasteiger partial charge < -0.3 is 4.42 Å². The molecule has 0 aliphatic heterocycles. The smallest absolute Gasteiger partial charge is 0.270 e. The average Bonchev–Trinajstić information content (AvgIpc) is 3.15. The Bertz CT molecular complexity index is 1040. The summed E-state index contributed by atoms with van der Waals surface area (Å²) in [4.78, 5) is 22.8. The van der Waals surface area contributed by atoms with E-state index >= 15 is 0 Å². The van der Waals surface area contributed by atoms with Gasteiger partial charge in [-0.3, -0.25) is 14.9 Å². The number of nitrogens with zero attached hydrogens (tertiary/aromatic N) is 2. The molecule has 2 aromatic carbocycles. The molecular formula is C20H12N2O4. The summed E-state index contributed by atoms with van der Waals surface area (Å²) in [6, 6.07) is 19.6. The van der Waals surface area contributed by atoms with Gasteiger partial charge in [-0.25, -0.2) is 0 Å². The maximum atomic E-state index is 12.4. The fraction of sp³-hybridized carbons (Fsp3) is 0. The second-order valence-electron chi connectivity index (χ2n) is 5.37. The predicted octanol–water partition coefficient (Wildman–Crippen LogP) is 4.64. The van der Waals surface area contributed by atoms with Gasteiger partial charge in [0, 0.05) is 29.3 Å². The van der Waals surface area contributed by atoms with Gasteiger partial charge in [-0.15, -0.1) is 0 Å². The molecule has 0 saturated carbocycles.